The molecule has 1 unspecified atom stereocenters. The number of anilines is 1. The van der Waals surface area contributed by atoms with Crippen LogP contribution >= 0.6 is 22.9 Å². The van der Waals surface area contributed by atoms with Gasteiger partial charge in [-0.1, -0.05) is 23.7 Å². The number of hydrogen-bond acceptors (Lipinski definition) is 3. The maximum Gasteiger partial charge on any atom is 0.146 e. The number of para-hydroxylation sites is 1. The molecular weight excluding hydrogens is 283 g/mol. The summed E-state index contributed by atoms with van der Waals surface area (Å²) in [7, 11) is 0. The van der Waals surface area contributed by atoms with Crippen LogP contribution in [0.2, 0.25) is 4.34 Å². The Morgan fingerprint density at radius 2 is 2.05 bits per heavy atom. The summed E-state index contributed by atoms with van der Waals surface area (Å²) in [6.45, 7) is 3.08. The molecule has 0 radical (unpaired) electrons. The molecule has 0 spiro atoms. The Labute approximate surface area is 121 Å². The predicted octanol–water partition coefficient (Wildman–Crippen LogP) is 4.07. The first kappa shape index (κ1) is 14.3. The van der Waals surface area contributed by atoms with Gasteiger partial charge in [0.25, 0.3) is 0 Å². The molecule has 0 amide bonds. The molecule has 0 aliphatic rings. The Bertz CT molecular complexity index is 544. The Morgan fingerprint density at radius 1 is 1.32 bits per heavy atom. The van der Waals surface area contributed by atoms with Gasteiger partial charge in [-0.25, -0.2) is 4.39 Å². The van der Waals surface area contributed by atoms with Crippen LogP contribution in [0.4, 0.5) is 10.1 Å². The van der Waals surface area contributed by atoms with E-state index in [9.17, 15) is 4.39 Å². The van der Waals surface area contributed by atoms with Crippen molar-refractivity contribution in [1.82, 2.24) is 0 Å². The number of halogens is 2. The quantitative estimate of drug-likeness (QED) is 0.901. The zero-order valence-corrected chi connectivity index (χ0v) is 12.2. The molecule has 102 valence electrons. The van der Waals surface area contributed by atoms with Gasteiger partial charge in [-0.2, -0.15) is 0 Å². The lowest BCUT2D eigenvalue weighted by molar-refractivity contribution is 0.592. The summed E-state index contributed by atoms with van der Waals surface area (Å²) in [5.74, 6) is -0.231. The van der Waals surface area contributed by atoms with E-state index in [-0.39, 0.29) is 11.9 Å². The van der Waals surface area contributed by atoms with Crippen molar-refractivity contribution in [2.75, 3.05) is 18.0 Å². The first-order chi connectivity index (χ1) is 9.17. The fourth-order valence-corrected chi connectivity index (χ4v) is 3.33. The van der Waals surface area contributed by atoms with Gasteiger partial charge in [0.1, 0.15) is 5.82 Å². The molecule has 1 atom stereocenters. The maximum absolute atomic E-state index is 13.9. The second-order valence-corrected chi connectivity index (χ2v) is 5.88. The average Bonchev–Trinajstić information content (AvgIpc) is 2.83. The molecule has 0 fully saturated rings. The molecule has 2 aromatic rings. The zero-order chi connectivity index (χ0) is 13.8. The Kier molecular flexibility index (Phi) is 4.80. The molecule has 19 heavy (non-hydrogen) atoms. The van der Waals surface area contributed by atoms with Crippen LogP contribution in [-0.2, 0) is 0 Å². The summed E-state index contributed by atoms with van der Waals surface area (Å²) in [5.41, 5.74) is 6.45. The molecule has 1 aromatic heterocycles. The van der Waals surface area contributed by atoms with Crippen LogP contribution in [0, 0.1) is 5.82 Å². The number of rotatable bonds is 5. The van der Waals surface area contributed by atoms with Crippen molar-refractivity contribution in [3.8, 4) is 0 Å². The van der Waals surface area contributed by atoms with E-state index in [1.807, 2.05) is 30.0 Å². The van der Waals surface area contributed by atoms with Crippen LogP contribution in [0.1, 0.15) is 17.8 Å². The highest BCUT2D eigenvalue weighted by Gasteiger charge is 2.21. The largest absolute Gasteiger partial charge is 0.360 e. The van der Waals surface area contributed by atoms with Gasteiger partial charge >= 0.3 is 0 Å². The fourth-order valence-electron chi connectivity index (χ4n) is 2.15. The molecule has 0 saturated carbocycles. The molecule has 0 aliphatic heterocycles. The number of thiophene rings is 1. The minimum Gasteiger partial charge on any atom is -0.360 e. The van der Waals surface area contributed by atoms with Crippen molar-refractivity contribution in [1.29, 1.82) is 0 Å². The Balaban J connectivity index is 2.37. The smallest absolute Gasteiger partial charge is 0.146 e. The third-order valence-corrected chi connectivity index (χ3v) is 4.36. The third-order valence-electron chi connectivity index (χ3n) is 3.02. The SMILES string of the molecule is CCN(c1ccccc1F)C(CN)c1ccc(Cl)s1. The van der Waals surface area contributed by atoms with E-state index in [0.29, 0.717) is 18.8 Å². The van der Waals surface area contributed by atoms with Gasteiger partial charge in [-0.3, -0.25) is 0 Å². The summed E-state index contributed by atoms with van der Waals surface area (Å²) in [5, 5.41) is 0. The van der Waals surface area contributed by atoms with Crippen molar-refractivity contribution in [3.63, 3.8) is 0 Å². The van der Waals surface area contributed by atoms with E-state index < -0.39 is 0 Å². The first-order valence-corrected chi connectivity index (χ1v) is 7.33. The number of likely N-dealkylation sites (N-methyl/N-ethyl adjacent to an activating group) is 1. The summed E-state index contributed by atoms with van der Waals surface area (Å²) >= 11 is 7.46. The van der Waals surface area contributed by atoms with Gasteiger partial charge in [0.2, 0.25) is 0 Å². The van der Waals surface area contributed by atoms with E-state index in [4.69, 9.17) is 17.3 Å². The van der Waals surface area contributed by atoms with Crippen LogP contribution in [0.5, 0.6) is 0 Å². The highest BCUT2D eigenvalue weighted by Crippen LogP contribution is 2.33. The topological polar surface area (TPSA) is 29.3 Å². The molecule has 1 heterocycles. The Morgan fingerprint density at radius 3 is 2.58 bits per heavy atom. The molecule has 0 bridgehead atoms. The van der Waals surface area contributed by atoms with Gasteiger partial charge in [-0.05, 0) is 31.2 Å². The van der Waals surface area contributed by atoms with E-state index in [2.05, 4.69) is 0 Å². The molecule has 2 nitrogen and oxygen atoms in total. The van der Waals surface area contributed by atoms with Crippen LogP contribution in [0.3, 0.4) is 0 Å². The standard InChI is InChI=1S/C14H16ClFN2S/c1-2-18(11-6-4-3-5-10(11)16)12(9-17)13-7-8-14(15)19-13/h3-8,12H,2,9,17H2,1H3. The summed E-state index contributed by atoms with van der Waals surface area (Å²) < 4.78 is 14.7. The fraction of sp³-hybridized carbons (Fsp3) is 0.286. The minimum absolute atomic E-state index is 0.0561. The molecule has 5 heteroatoms. The monoisotopic (exact) mass is 298 g/mol. The molecule has 1 aromatic carbocycles. The van der Waals surface area contributed by atoms with Crippen molar-refractivity contribution in [2.45, 2.75) is 13.0 Å². The van der Waals surface area contributed by atoms with Gasteiger partial charge in [0, 0.05) is 18.0 Å². The van der Waals surface area contributed by atoms with Crippen molar-refractivity contribution < 1.29 is 4.39 Å². The van der Waals surface area contributed by atoms with E-state index in [0.717, 1.165) is 9.21 Å². The average molecular weight is 299 g/mol. The summed E-state index contributed by atoms with van der Waals surface area (Å²) in [6, 6.07) is 10.5. The van der Waals surface area contributed by atoms with Gasteiger partial charge in [0.15, 0.2) is 0 Å². The second-order valence-electron chi connectivity index (χ2n) is 4.13. The lowest BCUT2D eigenvalue weighted by Gasteiger charge is -2.31. The maximum atomic E-state index is 13.9. The molecule has 0 aliphatic carbocycles. The predicted molar refractivity (Wildman–Crippen MR) is 80.5 cm³/mol. The summed E-state index contributed by atoms with van der Waals surface area (Å²) in [4.78, 5) is 3.02. The van der Waals surface area contributed by atoms with Gasteiger partial charge < -0.3 is 10.6 Å². The summed E-state index contributed by atoms with van der Waals surface area (Å²) in [6.07, 6.45) is 0. The number of nitrogens with zero attached hydrogens (tertiary/aromatic N) is 1. The van der Waals surface area contributed by atoms with Crippen molar-refractivity contribution in [3.05, 3.63) is 51.4 Å². The highest BCUT2D eigenvalue weighted by atomic mass is 35.5. The highest BCUT2D eigenvalue weighted by molar-refractivity contribution is 7.16. The number of hydrogen-bond donors (Lipinski definition) is 1. The minimum atomic E-state index is -0.231. The van der Waals surface area contributed by atoms with E-state index >= 15 is 0 Å². The zero-order valence-electron chi connectivity index (χ0n) is 10.6. The van der Waals surface area contributed by atoms with E-state index in [1.54, 1.807) is 12.1 Å². The van der Waals surface area contributed by atoms with Gasteiger partial charge in [0.05, 0.1) is 16.1 Å². The third kappa shape index (κ3) is 3.08. The Hall–Kier alpha value is -1.10. The van der Waals surface area contributed by atoms with Crippen LogP contribution in [-0.4, -0.2) is 13.1 Å². The van der Waals surface area contributed by atoms with Crippen LogP contribution in [0.15, 0.2) is 36.4 Å². The molecular formula is C14H16ClFN2S. The normalized spacial score (nSPS) is 12.4. The molecule has 2 rings (SSSR count). The van der Waals surface area contributed by atoms with Crippen LogP contribution in [0.25, 0.3) is 0 Å². The lowest BCUT2D eigenvalue weighted by Crippen LogP contribution is -2.33. The van der Waals surface area contributed by atoms with Crippen molar-refractivity contribution >= 4 is 28.6 Å². The molecule has 2 N–H and O–H groups in total. The first-order valence-electron chi connectivity index (χ1n) is 6.13. The number of nitrogens with two attached hydrogens (primary N) is 1. The number of benzene rings is 1. The van der Waals surface area contributed by atoms with Crippen molar-refractivity contribution in [2.24, 2.45) is 5.73 Å². The molecule has 0 saturated heterocycles. The van der Waals surface area contributed by atoms with Crippen LogP contribution < -0.4 is 10.6 Å². The second kappa shape index (κ2) is 6.37. The van der Waals surface area contributed by atoms with Gasteiger partial charge in [-0.15, -0.1) is 11.3 Å². The van der Waals surface area contributed by atoms with E-state index in [1.165, 1.54) is 17.4 Å². The lowest BCUT2D eigenvalue weighted by atomic mass is 10.1.